The summed E-state index contributed by atoms with van der Waals surface area (Å²) < 4.78 is 33.8. The van der Waals surface area contributed by atoms with Crippen molar-refractivity contribution in [3.05, 3.63) is 175 Å². The fourth-order valence-corrected chi connectivity index (χ4v) is 7.03. The first-order chi connectivity index (χ1) is 23.2. The van der Waals surface area contributed by atoms with E-state index in [9.17, 15) is 8.78 Å². The van der Waals surface area contributed by atoms with Crippen LogP contribution in [0.5, 0.6) is 0 Å². The average molecular weight is 612 g/mol. The van der Waals surface area contributed by atoms with Gasteiger partial charge in [0.25, 0.3) is 0 Å². The van der Waals surface area contributed by atoms with Crippen LogP contribution in [-0.4, -0.2) is 9.13 Å². The molecule has 0 unspecified atom stereocenters. The van der Waals surface area contributed by atoms with Crippen molar-refractivity contribution < 1.29 is 8.78 Å². The molecule has 0 amide bonds. The molecular formula is C42H27F2N3. The molecule has 0 saturated heterocycles. The van der Waals surface area contributed by atoms with Gasteiger partial charge in [-0.25, -0.2) is 8.78 Å². The van der Waals surface area contributed by atoms with Crippen LogP contribution in [0, 0.1) is 11.6 Å². The largest absolute Gasteiger partial charge is 0.309 e. The first-order valence-corrected chi connectivity index (χ1v) is 15.6. The summed E-state index contributed by atoms with van der Waals surface area (Å²) in [5.41, 5.74) is 8.30. The van der Waals surface area contributed by atoms with Crippen molar-refractivity contribution in [2.75, 3.05) is 4.90 Å². The quantitative estimate of drug-likeness (QED) is 0.189. The van der Waals surface area contributed by atoms with Gasteiger partial charge in [0.1, 0.15) is 11.6 Å². The first-order valence-electron chi connectivity index (χ1n) is 15.6. The molecule has 5 heteroatoms. The van der Waals surface area contributed by atoms with Gasteiger partial charge in [-0.05, 0) is 91.0 Å². The molecule has 0 radical (unpaired) electrons. The Balaban J connectivity index is 1.39. The smallest absolute Gasteiger partial charge is 0.125 e. The van der Waals surface area contributed by atoms with Gasteiger partial charge in [0.2, 0.25) is 0 Å². The van der Waals surface area contributed by atoms with Crippen LogP contribution < -0.4 is 4.90 Å². The molecule has 0 spiro atoms. The second-order valence-corrected chi connectivity index (χ2v) is 11.7. The number of nitrogens with zero attached hydrogens (tertiary/aromatic N) is 3. The Bertz CT molecular complexity index is 2590. The van der Waals surface area contributed by atoms with Crippen LogP contribution in [-0.2, 0) is 0 Å². The van der Waals surface area contributed by atoms with Crippen molar-refractivity contribution in [2.24, 2.45) is 0 Å². The van der Waals surface area contributed by atoms with Gasteiger partial charge in [0.15, 0.2) is 0 Å². The normalized spacial score (nSPS) is 11.6. The van der Waals surface area contributed by atoms with Crippen LogP contribution in [0.3, 0.4) is 0 Å². The molecule has 0 aliphatic heterocycles. The summed E-state index contributed by atoms with van der Waals surface area (Å²) in [6, 6.07) is 53.2. The van der Waals surface area contributed by atoms with E-state index in [1.165, 1.54) is 12.1 Å². The number of benzene rings is 7. The highest BCUT2D eigenvalue weighted by Crippen LogP contribution is 2.45. The molecule has 0 bridgehead atoms. The van der Waals surface area contributed by atoms with E-state index in [0.717, 1.165) is 72.0 Å². The zero-order valence-electron chi connectivity index (χ0n) is 25.2. The van der Waals surface area contributed by atoms with Gasteiger partial charge in [-0.2, -0.15) is 0 Å². The van der Waals surface area contributed by atoms with E-state index >= 15 is 0 Å². The lowest BCUT2D eigenvalue weighted by atomic mass is 10.1. The molecule has 9 rings (SSSR count). The highest BCUT2D eigenvalue weighted by molar-refractivity contribution is 6.15. The van der Waals surface area contributed by atoms with Gasteiger partial charge in [-0.3, -0.25) is 0 Å². The predicted molar refractivity (Wildman–Crippen MR) is 190 cm³/mol. The van der Waals surface area contributed by atoms with Crippen molar-refractivity contribution >= 4 is 60.7 Å². The van der Waals surface area contributed by atoms with Crippen molar-refractivity contribution in [3.8, 4) is 11.4 Å². The Hall–Kier alpha value is -6.20. The summed E-state index contributed by atoms with van der Waals surface area (Å²) in [6.45, 7) is 0. The summed E-state index contributed by atoms with van der Waals surface area (Å²) in [4.78, 5) is 2.25. The number of halogens is 2. The minimum absolute atomic E-state index is 0.277. The molecule has 224 valence electrons. The number of aromatic nitrogens is 2. The number of anilines is 3. The third-order valence-corrected chi connectivity index (χ3v) is 8.98. The van der Waals surface area contributed by atoms with E-state index < -0.39 is 0 Å². The van der Waals surface area contributed by atoms with E-state index in [4.69, 9.17) is 0 Å². The fraction of sp³-hybridized carbons (Fsp3) is 0. The van der Waals surface area contributed by atoms with E-state index in [1.54, 1.807) is 12.1 Å². The highest BCUT2D eigenvalue weighted by Gasteiger charge is 2.23. The minimum Gasteiger partial charge on any atom is -0.309 e. The lowest BCUT2D eigenvalue weighted by Crippen LogP contribution is -2.11. The monoisotopic (exact) mass is 611 g/mol. The third-order valence-electron chi connectivity index (χ3n) is 8.98. The van der Waals surface area contributed by atoms with Crippen molar-refractivity contribution in [1.82, 2.24) is 9.13 Å². The maximum atomic E-state index is 14.8. The van der Waals surface area contributed by atoms with Crippen LogP contribution in [0.4, 0.5) is 25.8 Å². The van der Waals surface area contributed by atoms with Crippen molar-refractivity contribution in [2.45, 2.75) is 0 Å². The Kier molecular flexibility index (Phi) is 6.18. The van der Waals surface area contributed by atoms with Gasteiger partial charge < -0.3 is 14.0 Å². The van der Waals surface area contributed by atoms with E-state index in [0.29, 0.717) is 0 Å². The van der Waals surface area contributed by atoms with Gasteiger partial charge in [0, 0.05) is 44.3 Å². The Labute approximate surface area is 269 Å². The molecule has 7 aromatic carbocycles. The number of para-hydroxylation sites is 4. The molecule has 0 aliphatic rings. The van der Waals surface area contributed by atoms with Crippen LogP contribution in [0.2, 0.25) is 0 Å². The average Bonchev–Trinajstić information content (AvgIpc) is 3.61. The molecular weight excluding hydrogens is 584 g/mol. The fourth-order valence-electron chi connectivity index (χ4n) is 7.03. The SMILES string of the molecule is Fc1ccc2c3ccc(N(c4ccccc4)c4cccc5c6ccc(F)cc6n(-c6ccccc6)c45)cc3n(-c3ccccc3)c2c1. The van der Waals surface area contributed by atoms with Crippen molar-refractivity contribution in [3.63, 3.8) is 0 Å². The highest BCUT2D eigenvalue weighted by atomic mass is 19.1. The van der Waals surface area contributed by atoms with Gasteiger partial charge in [-0.1, -0.05) is 72.8 Å². The van der Waals surface area contributed by atoms with E-state index in [2.05, 4.69) is 74.7 Å². The predicted octanol–water partition coefficient (Wildman–Crippen LogP) is 11.6. The second kappa shape index (κ2) is 10.7. The Morgan fingerprint density at radius 2 is 0.894 bits per heavy atom. The van der Waals surface area contributed by atoms with E-state index in [1.807, 2.05) is 78.9 Å². The van der Waals surface area contributed by atoms with Crippen LogP contribution >= 0.6 is 0 Å². The summed E-state index contributed by atoms with van der Waals surface area (Å²) >= 11 is 0. The zero-order valence-corrected chi connectivity index (χ0v) is 25.2. The summed E-state index contributed by atoms with van der Waals surface area (Å²) in [5.74, 6) is -0.560. The topological polar surface area (TPSA) is 13.1 Å². The van der Waals surface area contributed by atoms with E-state index in [-0.39, 0.29) is 11.6 Å². The standard InChI is InChI=1S/C42H27F2N3/c43-28-19-22-34-35-24-21-33(27-41(35)46(39(34)25-28)31-13-6-2-7-14-31)45(30-11-4-1-5-12-30)38-18-10-17-37-36-23-20-29(44)26-40(36)47(42(37)38)32-15-8-3-9-16-32/h1-27H. The zero-order chi connectivity index (χ0) is 31.5. The Morgan fingerprint density at radius 1 is 0.383 bits per heavy atom. The molecule has 3 nitrogen and oxygen atoms in total. The third kappa shape index (κ3) is 4.32. The van der Waals surface area contributed by atoms with Crippen LogP contribution in [0.15, 0.2) is 164 Å². The lowest BCUT2D eigenvalue weighted by Gasteiger charge is -2.27. The van der Waals surface area contributed by atoms with Crippen molar-refractivity contribution in [1.29, 1.82) is 0 Å². The Morgan fingerprint density at radius 3 is 1.53 bits per heavy atom. The molecule has 0 saturated carbocycles. The van der Waals surface area contributed by atoms with Gasteiger partial charge in [0.05, 0.1) is 27.8 Å². The first kappa shape index (κ1) is 27.1. The molecule has 0 atom stereocenters. The number of hydrogen-bond acceptors (Lipinski definition) is 1. The molecule has 0 fully saturated rings. The molecule has 0 N–H and O–H groups in total. The summed E-state index contributed by atoms with van der Waals surface area (Å²) in [7, 11) is 0. The number of fused-ring (bicyclic) bond motifs is 6. The maximum absolute atomic E-state index is 14.8. The maximum Gasteiger partial charge on any atom is 0.125 e. The number of hydrogen-bond donors (Lipinski definition) is 0. The molecule has 0 aliphatic carbocycles. The summed E-state index contributed by atoms with van der Waals surface area (Å²) in [6.07, 6.45) is 0. The van der Waals surface area contributed by atoms with Crippen LogP contribution in [0.25, 0.3) is 55.0 Å². The number of rotatable bonds is 5. The van der Waals surface area contributed by atoms with Crippen LogP contribution in [0.1, 0.15) is 0 Å². The van der Waals surface area contributed by atoms with Gasteiger partial charge >= 0.3 is 0 Å². The molecule has 2 heterocycles. The molecule has 2 aromatic heterocycles. The lowest BCUT2D eigenvalue weighted by molar-refractivity contribution is 0.629. The second-order valence-electron chi connectivity index (χ2n) is 11.7. The van der Waals surface area contributed by atoms with Gasteiger partial charge in [-0.15, -0.1) is 0 Å². The minimum atomic E-state index is -0.283. The molecule has 47 heavy (non-hydrogen) atoms. The molecule has 9 aromatic rings. The summed E-state index contributed by atoms with van der Waals surface area (Å²) in [5, 5.41) is 4.02.